The van der Waals surface area contributed by atoms with E-state index < -0.39 is 0 Å². The average Bonchev–Trinajstić information content (AvgIpc) is 2.64. The van der Waals surface area contributed by atoms with E-state index in [-0.39, 0.29) is 34.2 Å². The summed E-state index contributed by atoms with van der Waals surface area (Å²) in [4.78, 5) is 56.1. The zero-order chi connectivity index (χ0) is 24.4. The monoisotopic (exact) mass is 444 g/mol. The zero-order valence-corrected chi connectivity index (χ0v) is 20.2. The SMILES string of the molecule is CC1(C)CC(N=C=O)CC(C)(CN=C=O)C1.CC1CC(C)(C)CC(N=C=O)C1CN=C=O. The molecule has 32 heavy (non-hydrogen) atoms. The molecule has 5 unspecified atom stereocenters. The number of rotatable bonds is 6. The number of nitrogens with zero attached hydrogens (tertiary/aromatic N) is 4. The standard InChI is InChI=1S/2C12H18N2O2/c1-11(2)4-10(14-9-16)5-12(3,6-11)7-13-8-15;1-9-4-12(2,3)5-11(14-8-16)10(9)6-13-7-15/h10H,4-7H2,1-3H3;9-11H,4-6H2,1-3H3. The zero-order valence-electron chi connectivity index (χ0n) is 20.2. The minimum Gasteiger partial charge on any atom is -0.211 e. The number of isocyanates is 4. The highest BCUT2D eigenvalue weighted by molar-refractivity contribution is 5.35. The van der Waals surface area contributed by atoms with Crippen LogP contribution in [0.1, 0.15) is 73.6 Å². The summed E-state index contributed by atoms with van der Waals surface area (Å²) in [6.45, 7) is 13.7. The van der Waals surface area contributed by atoms with Crippen LogP contribution >= 0.6 is 0 Å². The Balaban J connectivity index is 0.000000320. The molecule has 0 aromatic carbocycles. The molecule has 0 aromatic rings. The molecule has 0 heterocycles. The Morgan fingerprint density at radius 2 is 1.38 bits per heavy atom. The van der Waals surface area contributed by atoms with Crippen LogP contribution in [0, 0.1) is 28.1 Å². The van der Waals surface area contributed by atoms with Crippen LogP contribution in [0.25, 0.3) is 0 Å². The van der Waals surface area contributed by atoms with Gasteiger partial charge in [0.2, 0.25) is 24.3 Å². The minimum atomic E-state index is -0.0653. The maximum Gasteiger partial charge on any atom is 0.235 e. The Morgan fingerprint density at radius 3 is 1.94 bits per heavy atom. The second kappa shape index (κ2) is 11.9. The topological polar surface area (TPSA) is 118 Å². The van der Waals surface area contributed by atoms with Crippen molar-refractivity contribution >= 4 is 24.3 Å². The van der Waals surface area contributed by atoms with Gasteiger partial charge in [0.1, 0.15) is 0 Å². The number of hydrogen-bond donors (Lipinski definition) is 0. The summed E-state index contributed by atoms with van der Waals surface area (Å²) in [6.07, 6.45) is 11.0. The molecular formula is C24H36N4O4. The lowest BCUT2D eigenvalue weighted by Gasteiger charge is -2.44. The van der Waals surface area contributed by atoms with Crippen molar-refractivity contribution in [3.05, 3.63) is 0 Å². The molecule has 0 saturated heterocycles. The van der Waals surface area contributed by atoms with Crippen LogP contribution in [0.4, 0.5) is 0 Å². The fraction of sp³-hybridized carbons (Fsp3) is 0.833. The smallest absolute Gasteiger partial charge is 0.211 e. The number of carbonyl (C=O) groups excluding carboxylic acids is 4. The first-order chi connectivity index (χ1) is 14.9. The summed E-state index contributed by atoms with van der Waals surface area (Å²) in [5.41, 5.74) is 0.242. The first kappa shape index (κ1) is 27.6. The molecule has 0 spiro atoms. The summed E-state index contributed by atoms with van der Waals surface area (Å²) < 4.78 is 0. The molecule has 2 aliphatic rings. The molecule has 176 valence electrons. The Labute approximate surface area is 190 Å². The third-order valence-corrected chi connectivity index (χ3v) is 6.63. The largest absolute Gasteiger partial charge is 0.235 e. The van der Waals surface area contributed by atoms with Crippen LogP contribution in [0.2, 0.25) is 0 Å². The van der Waals surface area contributed by atoms with Gasteiger partial charge in [-0.25, -0.2) is 39.1 Å². The second-order valence-corrected chi connectivity index (χ2v) is 11.3. The quantitative estimate of drug-likeness (QED) is 0.447. The van der Waals surface area contributed by atoms with Gasteiger partial charge in [0.05, 0.1) is 25.2 Å². The third kappa shape index (κ3) is 8.94. The highest BCUT2D eigenvalue weighted by atomic mass is 16.1. The van der Waals surface area contributed by atoms with Crippen molar-refractivity contribution in [3.63, 3.8) is 0 Å². The molecule has 8 nitrogen and oxygen atoms in total. The predicted octanol–water partition coefficient (Wildman–Crippen LogP) is 4.34. The van der Waals surface area contributed by atoms with E-state index in [0.717, 1.165) is 32.1 Å². The van der Waals surface area contributed by atoms with E-state index in [1.54, 1.807) is 24.3 Å². The van der Waals surface area contributed by atoms with Crippen LogP contribution in [-0.4, -0.2) is 49.5 Å². The van der Waals surface area contributed by atoms with Gasteiger partial charge in [0.15, 0.2) is 0 Å². The number of aliphatic imine (C=N–C) groups is 4. The van der Waals surface area contributed by atoms with Crippen LogP contribution in [0.15, 0.2) is 20.0 Å². The molecule has 0 aromatic heterocycles. The third-order valence-electron chi connectivity index (χ3n) is 6.63. The van der Waals surface area contributed by atoms with Crippen molar-refractivity contribution < 1.29 is 19.2 Å². The average molecular weight is 445 g/mol. The molecule has 2 saturated carbocycles. The first-order valence-corrected chi connectivity index (χ1v) is 11.1. The van der Waals surface area contributed by atoms with Gasteiger partial charge in [-0.3, -0.25) is 0 Å². The summed E-state index contributed by atoms with van der Waals surface area (Å²) in [5.74, 6) is 0.568. The molecule has 8 heteroatoms. The number of hydrogen-bond acceptors (Lipinski definition) is 8. The van der Waals surface area contributed by atoms with Crippen molar-refractivity contribution in [1.29, 1.82) is 0 Å². The Morgan fingerprint density at radius 1 is 0.750 bits per heavy atom. The van der Waals surface area contributed by atoms with E-state index in [1.807, 2.05) is 0 Å². The van der Waals surface area contributed by atoms with Gasteiger partial charge in [-0.05, 0) is 54.3 Å². The Bertz CT molecular complexity index is 829. The van der Waals surface area contributed by atoms with Crippen molar-refractivity contribution in [1.82, 2.24) is 0 Å². The van der Waals surface area contributed by atoms with Crippen molar-refractivity contribution in [2.24, 2.45) is 48.1 Å². The summed E-state index contributed by atoms with van der Waals surface area (Å²) in [5, 5.41) is 0. The van der Waals surface area contributed by atoms with E-state index in [1.165, 1.54) is 0 Å². The van der Waals surface area contributed by atoms with Gasteiger partial charge in [0.25, 0.3) is 0 Å². The fourth-order valence-corrected chi connectivity index (χ4v) is 5.94. The molecule has 0 bridgehead atoms. The van der Waals surface area contributed by atoms with Gasteiger partial charge < -0.3 is 0 Å². The summed E-state index contributed by atoms with van der Waals surface area (Å²) in [6, 6.07) is -0.0542. The van der Waals surface area contributed by atoms with Crippen molar-refractivity contribution in [2.45, 2.75) is 85.7 Å². The van der Waals surface area contributed by atoms with E-state index in [9.17, 15) is 19.2 Å². The second-order valence-electron chi connectivity index (χ2n) is 11.3. The molecule has 0 radical (unpaired) electrons. The maximum atomic E-state index is 10.4. The van der Waals surface area contributed by atoms with Crippen molar-refractivity contribution in [2.75, 3.05) is 13.1 Å². The Kier molecular flexibility index (Phi) is 10.3. The van der Waals surface area contributed by atoms with Gasteiger partial charge in [-0.2, -0.15) is 0 Å². The molecule has 2 rings (SSSR count). The van der Waals surface area contributed by atoms with Gasteiger partial charge in [-0.1, -0.05) is 41.5 Å². The molecule has 0 aliphatic heterocycles. The molecule has 2 aliphatic carbocycles. The normalized spacial score (nSPS) is 32.3. The van der Waals surface area contributed by atoms with E-state index in [4.69, 9.17) is 0 Å². The first-order valence-electron chi connectivity index (χ1n) is 11.1. The van der Waals surface area contributed by atoms with E-state index in [2.05, 4.69) is 61.5 Å². The summed E-state index contributed by atoms with van der Waals surface area (Å²) in [7, 11) is 0. The molecule has 5 atom stereocenters. The van der Waals surface area contributed by atoms with Crippen LogP contribution in [0.5, 0.6) is 0 Å². The lowest BCUT2D eigenvalue weighted by Crippen LogP contribution is -2.39. The highest BCUT2D eigenvalue weighted by Gasteiger charge is 2.41. The van der Waals surface area contributed by atoms with E-state index >= 15 is 0 Å². The molecule has 0 N–H and O–H groups in total. The van der Waals surface area contributed by atoms with Crippen molar-refractivity contribution in [3.8, 4) is 0 Å². The maximum absolute atomic E-state index is 10.4. The van der Waals surface area contributed by atoms with Gasteiger partial charge in [0, 0.05) is 5.92 Å². The highest BCUT2D eigenvalue weighted by Crippen LogP contribution is 2.47. The van der Waals surface area contributed by atoms with Crippen LogP contribution in [0.3, 0.4) is 0 Å². The molecular weight excluding hydrogens is 408 g/mol. The van der Waals surface area contributed by atoms with Crippen LogP contribution < -0.4 is 0 Å². The fourth-order valence-electron chi connectivity index (χ4n) is 5.94. The minimum absolute atomic E-state index is 0.00750. The molecule has 0 amide bonds. The van der Waals surface area contributed by atoms with Gasteiger partial charge >= 0.3 is 0 Å². The van der Waals surface area contributed by atoms with E-state index in [0.29, 0.717) is 19.0 Å². The Hall–Kier alpha value is -2.48. The van der Waals surface area contributed by atoms with Crippen LogP contribution in [-0.2, 0) is 19.2 Å². The summed E-state index contributed by atoms with van der Waals surface area (Å²) >= 11 is 0. The van der Waals surface area contributed by atoms with Gasteiger partial charge in [-0.15, -0.1) is 0 Å². The molecule has 2 fully saturated rings. The lowest BCUT2D eigenvalue weighted by atomic mass is 9.63. The lowest BCUT2D eigenvalue weighted by molar-refractivity contribution is 0.0915. The predicted molar refractivity (Wildman–Crippen MR) is 121 cm³/mol.